The first-order chi connectivity index (χ1) is 7.73. The molecule has 2 aliphatic rings. The van der Waals surface area contributed by atoms with Gasteiger partial charge in [0.1, 0.15) is 0 Å². The van der Waals surface area contributed by atoms with Gasteiger partial charge < -0.3 is 10.2 Å². The van der Waals surface area contributed by atoms with Gasteiger partial charge in [0.25, 0.3) is 0 Å². The summed E-state index contributed by atoms with van der Waals surface area (Å²) in [5, 5.41) is 3.18. The number of nitrogens with one attached hydrogen (secondary N) is 1. The predicted molar refractivity (Wildman–Crippen MR) is 64.2 cm³/mol. The fraction of sp³-hybridized carbons (Fsp3) is 0.615. The Bertz CT molecular complexity index is 410. The standard InChI is InChI=1S/C13H19N3/c1-14-6-10-5-11-8-16(2)9-13(3-4-13)12(11)15-7-10/h5,7,14H,3-4,6,8-9H2,1-2H3. The van der Waals surface area contributed by atoms with Gasteiger partial charge in [-0.1, -0.05) is 0 Å². The lowest BCUT2D eigenvalue weighted by Crippen LogP contribution is -2.36. The molecule has 1 aromatic rings. The molecule has 0 radical (unpaired) electrons. The minimum Gasteiger partial charge on any atom is -0.316 e. The lowest BCUT2D eigenvalue weighted by molar-refractivity contribution is 0.266. The second-order valence-electron chi connectivity index (χ2n) is 5.33. The van der Waals surface area contributed by atoms with Crippen molar-refractivity contribution in [2.24, 2.45) is 0 Å². The van der Waals surface area contributed by atoms with Crippen LogP contribution in [-0.4, -0.2) is 30.5 Å². The summed E-state index contributed by atoms with van der Waals surface area (Å²) < 4.78 is 0. The maximum atomic E-state index is 4.72. The van der Waals surface area contributed by atoms with Crippen LogP contribution in [0.2, 0.25) is 0 Å². The topological polar surface area (TPSA) is 28.2 Å². The van der Waals surface area contributed by atoms with E-state index in [0.29, 0.717) is 5.41 Å². The molecule has 3 heteroatoms. The van der Waals surface area contributed by atoms with Gasteiger partial charge in [-0.05, 0) is 44.1 Å². The summed E-state index contributed by atoms with van der Waals surface area (Å²) >= 11 is 0. The van der Waals surface area contributed by atoms with Crippen LogP contribution in [0.25, 0.3) is 0 Å². The molecule has 0 aromatic carbocycles. The van der Waals surface area contributed by atoms with Crippen LogP contribution < -0.4 is 5.32 Å². The fourth-order valence-corrected chi connectivity index (χ4v) is 2.94. The van der Waals surface area contributed by atoms with E-state index < -0.39 is 0 Å². The molecule has 3 rings (SSSR count). The maximum Gasteiger partial charge on any atom is 0.0523 e. The van der Waals surface area contributed by atoms with Gasteiger partial charge in [0.15, 0.2) is 0 Å². The lowest BCUT2D eigenvalue weighted by Gasteiger charge is -2.31. The smallest absolute Gasteiger partial charge is 0.0523 e. The highest BCUT2D eigenvalue weighted by Crippen LogP contribution is 2.51. The summed E-state index contributed by atoms with van der Waals surface area (Å²) in [6.07, 6.45) is 4.69. The fourth-order valence-electron chi connectivity index (χ4n) is 2.94. The largest absolute Gasteiger partial charge is 0.316 e. The molecule has 86 valence electrons. The Kier molecular flexibility index (Phi) is 2.26. The third-order valence-electron chi connectivity index (χ3n) is 3.77. The van der Waals surface area contributed by atoms with Crippen LogP contribution in [0.15, 0.2) is 12.3 Å². The van der Waals surface area contributed by atoms with Crippen LogP contribution in [-0.2, 0) is 18.5 Å². The molecule has 1 fully saturated rings. The highest BCUT2D eigenvalue weighted by Gasteiger charge is 2.49. The molecular formula is C13H19N3. The third-order valence-corrected chi connectivity index (χ3v) is 3.77. The first-order valence-corrected chi connectivity index (χ1v) is 6.05. The number of hydrogen-bond donors (Lipinski definition) is 1. The molecule has 1 saturated carbocycles. The number of likely N-dealkylation sites (N-methyl/N-ethyl adjacent to an activating group) is 1. The van der Waals surface area contributed by atoms with Crippen molar-refractivity contribution in [2.75, 3.05) is 20.6 Å². The summed E-state index contributed by atoms with van der Waals surface area (Å²) in [5.41, 5.74) is 4.54. The number of hydrogen-bond acceptors (Lipinski definition) is 3. The minimum atomic E-state index is 0.417. The van der Waals surface area contributed by atoms with Crippen LogP contribution in [0.5, 0.6) is 0 Å². The van der Waals surface area contributed by atoms with E-state index in [1.54, 1.807) is 0 Å². The zero-order chi connectivity index (χ0) is 11.2. The molecule has 0 bridgehead atoms. The molecule has 2 heterocycles. The average molecular weight is 217 g/mol. The number of fused-ring (bicyclic) bond motifs is 2. The summed E-state index contributed by atoms with van der Waals surface area (Å²) in [6, 6.07) is 2.33. The Morgan fingerprint density at radius 2 is 2.31 bits per heavy atom. The van der Waals surface area contributed by atoms with Gasteiger partial charge in [-0.2, -0.15) is 0 Å². The van der Waals surface area contributed by atoms with Gasteiger partial charge in [0.2, 0.25) is 0 Å². The zero-order valence-corrected chi connectivity index (χ0v) is 10.1. The van der Waals surface area contributed by atoms with Gasteiger partial charge in [-0.25, -0.2) is 0 Å². The van der Waals surface area contributed by atoms with Crippen molar-refractivity contribution in [3.63, 3.8) is 0 Å². The van der Waals surface area contributed by atoms with E-state index in [4.69, 9.17) is 4.98 Å². The molecule has 0 saturated heterocycles. The monoisotopic (exact) mass is 217 g/mol. The summed E-state index contributed by atoms with van der Waals surface area (Å²) in [4.78, 5) is 7.15. The van der Waals surface area contributed by atoms with E-state index in [2.05, 4.69) is 23.3 Å². The van der Waals surface area contributed by atoms with Crippen molar-refractivity contribution in [2.45, 2.75) is 31.3 Å². The summed E-state index contributed by atoms with van der Waals surface area (Å²) in [6.45, 7) is 3.16. The molecule has 0 atom stereocenters. The van der Waals surface area contributed by atoms with Crippen molar-refractivity contribution in [1.29, 1.82) is 0 Å². The van der Waals surface area contributed by atoms with Gasteiger partial charge in [-0.15, -0.1) is 0 Å². The predicted octanol–water partition coefficient (Wildman–Crippen LogP) is 1.28. The zero-order valence-electron chi connectivity index (χ0n) is 10.1. The SMILES string of the molecule is CNCc1cnc2c(c1)CN(C)CC21CC1. The Hall–Kier alpha value is -0.930. The van der Waals surface area contributed by atoms with Crippen molar-refractivity contribution >= 4 is 0 Å². The molecule has 1 spiro atoms. The third kappa shape index (κ3) is 1.55. The van der Waals surface area contributed by atoms with Gasteiger partial charge in [0, 0.05) is 31.2 Å². The number of pyridine rings is 1. The number of rotatable bonds is 2. The van der Waals surface area contributed by atoms with E-state index in [9.17, 15) is 0 Å². The number of nitrogens with zero attached hydrogens (tertiary/aromatic N) is 2. The average Bonchev–Trinajstić information content (AvgIpc) is 2.98. The molecular weight excluding hydrogens is 198 g/mol. The second-order valence-corrected chi connectivity index (χ2v) is 5.33. The van der Waals surface area contributed by atoms with Crippen LogP contribution in [0, 0.1) is 0 Å². The van der Waals surface area contributed by atoms with Crippen LogP contribution in [0.3, 0.4) is 0 Å². The Balaban J connectivity index is 1.99. The molecule has 1 N–H and O–H groups in total. The minimum absolute atomic E-state index is 0.417. The van der Waals surface area contributed by atoms with Crippen LogP contribution >= 0.6 is 0 Å². The van der Waals surface area contributed by atoms with Gasteiger partial charge >= 0.3 is 0 Å². The highest BCUT2D eigenvalue weighted by atomic mass is 15.1. The van der Waals surface area contributed by atoms with Crippen LogP contribution in [0.4, 0.5) is 0 Å². The Morgan fingerprint density at radius 3 is 3.00 bits per heavy atom. The van der Waals surface area contributed by atoms with E-state index in [1.807, 2.05) is 13.2 Å². The molecule has 16 heavy (non-hydrogen) atoms. The maximum absolute atomic E-state index is 4.72. The van der Waals surface area contributed by atoms with Crippen molar-refractivity contribution < 1.29 is 0 Å². The first-order valence-electron chi connectivity index (χ1n) is 6.05. The quantitative estimate of drug-likeness (QED) is 0.809. The molecule has 0 amide bonds. The van der Waals surface area contributed by atoms with E-state index in [1.165, 1.54) is 36.2 Å². The summed E-state index contributed by atoms with van der Waals surface area (Å²) in [5.74, 6) is 0. The normalized spacial score (nSPS) is 22.1. The molecule has 0 unspecified atom stereocenters. The Morgan fingerprint density at radius 1 is 1.50 bits per heavy atom. The van der Waals surface area contributed by atoms with Crippen molar-refractivity contribution in [3.05, 3.63) is 29.1 Å². The number of aromatic nitrogens is 1. The van der Waals surface area contributed by atoms with Crippen LogP contribution in [0.1, 0.15) is 29.7 Å². The molecule has 3 nitrogen and oxygen atoms in total. The summed E-state index contributed by atoms with van der Waals surface area (Å²) in [7, 11) is 4.20. The van der Waals surface area contributed by atoms with Gasteiger partial charge in [-0.3, -0.25) is 4.98 Å². The molecule has 1 aromatic heterocycles. The first kappa shape index (κ1) is 10.2. The molecule has 1 aliphatic carbocycles. The van der Waals surface area contributed by atoms with E-state index in [0.717, 1.165) is 13.1 Å². The Labute approximate surface area is 96.9 Å². The second kappa shape index (κ2) is 3.54. The molecule has 1 aliphatic heterocycles. The van der Waals surface area contributed by atoms with E-state index >= 15 is 0 Å². The van der Waals surface area contributed by atoms with Crippen molar-refractivity contribution in [3.8, 4) is 0 Å². The van der Waals surface area contributed by atoms with E-state index in [-0.39, 0.29) is 0 Å². The van der Waals surface area contributed by atoms with Gasteiger partial charge in [0.05, 0.1) is 5.69 Å². The lowest BCUT2D eigenvalue weighted by atomic mass is 9.91. The highest BCUT2D eigenvalue weighted by molar-refractivity contribution is 5.37. The van der Waals surface area contributed by atoms with Crippen molar-refractivity contribution in [1.82, 2.24) is 15.2 Å².